The Labute approximate surface area is 130 Å². The van der Waals surface area contributed by atoms with Gasteiger partial charge in [-0.15, -0.1) is 0 Å². The lowest BCUT2D eigenvalue weighted by Gasteiger charge is -1.98. The van der Waals surface area contributed by atoms with Gasteiger partial charge in [0, 0.05) is 0 Å². The third-order valence-electron chi connectivity index (χ3n) is 2.96. The van der Waals surface area contributed by atoms with Gasteiger partial charge in [-0.3, -0.25) is 4.79 Å². The lowest BCUT2D eigenvalue weighted by atomic mass is 10.2. The molecule has 2 heterocycles. The summed E-state index contributed by atoms with van der Waals surface area (Å²) in [6, 6.07) is 9.78. The van der Waals surface area contributed by atoms with Crippen molar-refractivity contribution < 1.29 is 0 Å². The zero-order valence-corrected chi connectivity index (χ0v) is 12.9. The Morgan fingerprint density at radius 1 is 1.29 bits per heavy atom. The smallest absolute Gasteiger partial charge is 0.266 e. The van der Waals surface area contributed by atoms with Crippen molar-refractivity contribution >= 4 is 40.1 Å². The van der Waals surface area contributed by atoms with Crippen LogP contribution in [0.5, 0.6) is 0 Å². The number of halogens is 1. The lowest BCUT2D eigenvalue weighted by molar-refractivity contribution is 0.858. The summed E-state index contributed by atoms with van der Waals surface area (Å²) in [7, 11) is 0. The maximum Gasteiger partial charge on any atom is 0.294 e. The van der Waals surface area contributed by atoms with Crippen molar-refractivity contribution in [3.63, 3.8) is 0 Å². The number of rotatable bonds is 3. The van der Waals surface area contributed by atoms with Crippen LogP contribution in [0.3, 0.4) is 0 Å². The normalized spacial score (nSPS) is 11.5. The van der Waals surface area contributed by atoms with Crippen LogP contribution in [0.15, 0.2) is 35.1 Å². The van der Waals surface area contributed by atoms with Crippen LogP contribution in [-0.2, 0) is 6.42 Å². The van der Waals surface area contributed by atoms with E-state index in [1.165, 1.54) is 15.9 Å². The molecule has 0 saturated heterocycles. The number of hydrogen-bond donors (Lipinski definition) is 0. The van der Waals surface area contributed by atoms with Crippen molar-refractivity contribution in [2.45, 2.75) is 13.3 Å². The first-order chi connectivity index (χ1) is 10.2. The zero-order valence-electron chi connectivity index (χ0n) is 11.3. The molecular weight excluding hydrogens is 306 g/mol. The average molecular weight is 318 g/mol. The number of aromatic nitrogens is 3. The molecule has 0 aliphatic rings. The van der Waals surface area contributed by atoms with Gasteiger partial charge < -0.3 is 0 Å². The van der Waals surface area contributed by atoms with Gasteiger partial charge in [-0.25, -0.2) is 4.98 Å². The van der Waals surface area contributed by atoms with Crippen molar-refractivity contribution in [2.75, 3.05) is 0 Å². The van der Waals surface area contributed by atoms with Gasteiger partial charge in [0.15, 0.2) is 0 Å². The summed E-state index contributed by atoms with van der Waals surface area (Å²) in [5.41, 5.74) is 1.16. The SMILES string of the molecule is CCc1nn2c(=O)c(Cl)c(/C=C/c3ccccc3)nc2s1. The minimum absolute atomic E-state index is 0.0904. The van der Waals surface area contributed by atoms with Gasteiger partial charge in [-0.2, -0.15) is 9.61 Å². The summed E-state index contributed by atoms with van der Waals surface area (Å²) in [6.07, 6.45) is 4.40. The number of fused-ring (bicyclic) bond motifs is 1. The summed E-state index contributed by atoms with van der Waals surface area (Å²) in [6.45, 7) is 1.99. The predicted molar refractivity (Wildman–Crippen MR) is 86.9 cm³/mol. The number of benzene rings is 1. The Kier molecular flexibility index (Phi) is 3.86. The Hall–Kier alpha value is -1.98. The van der Waals surface area contributed by atoms with Crippen LogP contribution in [0.25, 0.3) is 17.1 Å². The minimum Gasteiger partial charge on any atom is -0.266 e. The highest BCUT2D eigenvalue weighted by atomic mass is 35.5. The summed E-state index contributed by atoms with van der Waals surface area (Å²) in [5.74, 6) is 0. The molecule has 21 heavy (non-hydrogen) atoms. The fraction of sp³-hybridized carbons (Fsp3) is 0.133. The second-order valence-corrected chi connectivity index (χ2v) is 5.82. The van der Waals surface area contributed by atoms with E-state index < -0.39 is 0 Å². The third-order valence-corrected chi connectivity index (χ3v) is 4.37. The van der Waals surface area contributed by atoms with E-state index in [4.69, 9.17) is 11.6 Å². The fourth-order valence-electron chi connectivity index (χ4n) is 1.87. The Balaban J connectivity index is 2.08. The van der Waals surface area contributed by atoms with Crippen LogP contribution in [0.1, 0.15) is 23.2 Å². The standard InChI is InChI=1S/C15H12ClN3OS/c1-2-12-18-19-14(20)13(16)11(17-15(19)21-12)9-8-10-6-4-3-5-7-10/h3-9H,2H2,1H3/b9-8+. The first-order valence-corrected chi connectivity index (χ1v) is 7.70. The molecule has 106 valence electrons. The summed E-state index contributed by atoms with van der Waals surface area (Å²) in [5, 5.41) is 5.15. The maximum atomic E-state index is 12.2. The molecule has 3 aromatic rings. The average Bonchev–Trinajstić information content (AvgIpc) is 2.94. The van der Waals surface area contributed by atoms with Gasteiger partial charge in [-0.05, 0) is 18.1 Å². The number of nitrogens with zero attached hydrogens (tertiary/aromatic N) is 3. The van der Waals surface area contributed by atoms with E-state index in [0.717, 1.165) is 17.0 Å². The van der Waals surface area contributed by atoms with Gasteiger partial charge in [0.1, 0.15) is 10.0 Å². The maximum absolute atomic E-state index is 12.2. The van der Waals surface area contributed by atoms with Gasteiger partial charge in [0.25, 0.3) is 5.56 Å². The number of aryl methyl sites for hydroxylation is 1. The molecule has 4 nitrogen and oxygen atoms in total. The molecule has 0 atom stereocenters. The van der Waals surface area contributed by atoms with E-state index in [2.05, 4.69) is 10.1 Å². The van der Waals surface area contributed by atoms with E-state index in [0.29, 0.717) is 10.7 Å². The quantitative estimate of drug-likeness (QED) is 0.742. The molecule has 3 rings (SSSR count). The van der Waals surface area contributed by atoms with Crippen LogP contribution in [0.2, 0.25) is 5.02 Å². The van der Waals surface area contributed by atoms with Crippen LogP contribution in [0.4, 0.5) is 0 Å². The lowest BCUT2D eigenvalue weighted by Crippen LogP contribution is -2.16. The van der Waals surface area contributed by atoms with E-state index in [1.54, 1.807) is 6.08 Å². The molecule has 0 N–H and O–H groups in total. The Morgan fingerprint density at radius 3 is 2.76 bits per heavy atom. The predicted octanol–water partition coefficient (Wildman–Crippen LogP) is 3.54. The van der Waals surface area contributed by atoms with Gasteiger partial charge >= 0.3 is 0 Å². The first-order valence-electron chi connectivity index (χ1n) is 6.50. The van der Waals surface area contributed by atoms with Gasteiger partial charge in [0.05, 0.1) is 5.69 Å². The highest BCUT2D eigenvalue weighted by Gasteiger charge is 2.12. The van der Waals surface area contributed by atoms with Gasteiger partial charge in [-0.1, -0.05) is 66.3 Å². The van der Waals surface area contributed by atoms with Crippen molar-refractivity contribution in [1.82, 2.24) is 14.6 Å². The fourth-order valence-corrected chi connectivity index (χ4v) is 2.89. The second-order valence-electron chi connectivity index (χ2n) is 4.40. The van der Waals surface area contributed by atoms with Crippen LogP contribution in [-0.4, -0.2) is 14.6 Å². The molecule has 0 amide bonds. The summed E-state index contributed by atoms with van der Waals surface area (Å²) >= 11 is 7.51. The van der Waals surface area contributed by atoms with E-state index in [-0.39, 0.29) is 10.6 Å². The monoisotopic (exact) mass is 317 g/mol. The van der Waals surface area contributed by atoms with Crippen LogP contribution < -0.4 is 5.56 Å². The highest BCUT2D eigenvalue weighted by Crippen LogP contribution is 2.18. The molecule has 0 aliphatic heterocycles. The van der Waals surface area contributed by atoms with Crippen LogP contribution >= 0.6 is 22.9 Å². The van der Waals surface area contributed by atoms with E-state index >= 15 is 0 Å². The molecule has 0 spiro atoms. The van der Waals surface area contributed by atoms with Crippen LogP contribution in [0, 0.1) is 0 Å². The minimum atomic E-state index is -0.328. The van der Waals surface area contributed by atoms with E-state index in [1.807, 2.05) is 43.3 Å². The van der Waals surface area contributed by atoms with Crippen molar-refractivity contribution in [3.8, 4) is 0 Å². The van der Waals surface area contributed by atoms with Crippen molar-refractivity contribution in [1.29, 1.82) is 0 Å². The highest BCUT2D eigenvalue weighted by molar-refractivity contribution is 7.16. The zero-order chi connectivity index (χ0) is 14.8. The van der Waals surface area contributed by atoms with Crippen molar-refractivity contribution in [3.05, 3.63) is 62.0 Å². The second kappa shape index (κ2) is 5.79. The Bertz CT molecular complexity index is 868. The molecule has 0 fully saturated rings. The molecule has 0 aliphatic carbocycles. The number of hydrogen-bond acceptors (Lipinski definition) is 4. The third kappa shape index (κ3) is 2.75. The molecule has 1 aromatic carbocycles. The topological polar surface area (TPSA) is 47.3 Å². The molecule has 0 unspecified atom stereocenters. The first kappa shape index (κ1) is 14.0. The molecule has 6 heteroatoms. The van der Waals surface area contributed by atoms with Crippen molar-refractivity contribution in [2.24, 2.45) is 0 Å². The summed E-state index contributed by atoms with van der Waals surface area (Å²) < 4.78 is 1.27. The Morgan fingerprint density at radius 2 is 2.05 bits per heavy atom. The molecule has 0 bridgehead atoms. The van der Waals surface area contributed by atoms with E-state index in [9.17, 15) is 4.79 Å². The largest absolute Gasteiger partial charge is 0.294 e. The summed E-state index contributed by atoms with van der Waals surface area (Å²) in [4.78, 5) is 17.2. The van der Waals surface area contributed by atoms with Gasteiger partial charge in [0.2, 0.25) is 4.96 Å². The molecular formula is C15H12ClN3OS. The molecule has 0 saturated carbocycles. The molecule has 2 aromatic heterocycles. The molecule has 0 radical (unpaired) electrons.